The zero-order chi connectivity index (χ0) is 20.9. The van der Waals surface area contributed by atoms with Crippen LogP contribution in [0.5, 0.6) is 0 Å². The first-order valence-corrected chi connectivity index (χ1v) is 10.3. The number of nitrogens with zero attached hydrogens (tertiary/aromatic N) is 1. The molecule has 0 aromatic heterocycles. The molecule has 1 unspecified atom stereocenters. The van der Waals surface area contributed by atoms with E-state index in [1.807, 2.05) is 30.3 Å². The van der Waals surface area contributed by atoms with Crippen molar-refractivity contribution in [2.24, 2.45) is 11.8 Å². The quantitative estimate of drug-likeness (QED) is 0.656. The largest absolute Gasteiger partial charge is 0.463 e. The molecule has 0 spiro atoms. The highest BCUT2D eigenvalue weighted by atomic mass is 19.3. The molecule has 0 radical (unpaired) electrons. The van der Waals surface area contributed by atoms with Crippen molar-refractivity contribution in [3.63, 3.8) is 0 Å². The summed E-state index contributed by atoms with van der Waals surface area (Å²) in [5, 5.41) is 0. The molecule has 1 aromatic rings. The van der Waals surface area contributed by atoms with E-state index in [2.05, 4.69) is 0 Å². The van der Waals surface area contributed by atoms with Gasteiger partial charge in [-0.1, -0.05) is 30.3 Å². The Hall–Kier alpha value is -2.18. The lowest BCUT2D eigenvalue weighted by molar-refractivity contribution is -0.148. The molecule has 1 amide bonds. The number of halogens is 2. The first-order valence-electron chi connectivity index (χ1n) is 10.3. The molecule has 1 aliphatic carbocycles. The zero-order valence-electron chi connectivity index (χ0n) is 16.8. The third-order valence-electron chi connectivity index (χ3n) is 5.95. The zero-order valence-corrected chi connectivity index (χ0v) is 16.8. The fourth-order valence-electron chi connectivity index (χ4n) is 4.36. The second kappa shape index (κ2) is 9.55. The van der Waals surface area contributed by atoms with Crippen LogP contribution in [0.3, 0.4) is 0 Å². The van der Waals surface area contributed by atoms with Crippen LogP contribution in [0.2, 0.25) is 0 Å². The van der Waals surface area contributed by atoms with E-state index in [1.54, 1.807) is 0 Å². The van der Waals surface area contributed by atoms with Gasteiger partial charge in [0.05, 0.1) is 6.54 Å². The van der Waals surface area contributed by atoms with E-state index in [9.17, 15) is 18.4 Å². The number of ether oxygens (including phenoxy) is 2. The lowest BCUT2D eigenvalue weighted by Crippen LogP contribution is -2.51. The molecule has 29 heavy (non-hydrogen) atoms. The van der Waals surface area contributed by atoms with Gasteiger partial charge in [0, 0.05) is 19.4 Å². The van der Waals surface area contributed by atoms with Crippen LogP contribution >= 0.6 is 0 Å². The van der Waals surface area contributed by atoms with Crippen LogP contribution in [0.15, 0.2) is 30.3 Å². The molecule has 5 nitrogen and oxygen atoms in total. The Morgan fingerprint density at radius 2 is 1.79 bits per heavy atom. The molecule has 1 heterocycles. The summed E-state index contributed by atoms with van der Waals surface area (Å²) in [6.45, 7) is 1.17. The van der Waals surface area contributed by atoms with Gasteiger partial charge in [0.2, 0.25) is 0 Å². The van der Waals surface area contributed by atoms with Gasteiger partial charge in [-0.25, -0.2) is 13.6 Å². The van der Waals surface area contributed by atoms with Gasteiger partial charge in [0.15, 0.2) is 0 Å². The standard InChI is InChI=1S/C22H29F2NO4/c1-16(26)29-20-9-7-17(8-10-20)13-19-11-12-25(15-22(19,23)24)21(27)28-14-18-5-3-2-4-6-18/h2-6,17,19-20H,7-15H2,1H3. The highest BCUT2D eigenvalue weighted by Gasteiger charge is 2.47. The topological polar surface area (TPSA) is 55.8 Å². The van der Waals surface area contributed by atoms with Crippen LogP contribution in [-0.4, -0.2) is 42.1 Å². The van der Waals surface area contributed by atoms with Crippen LogP contribution < -0.4 is 0 Å². The molecule has 160 valence electrons. The summed E-state index contributed by atoms with van der Waals surface area (Å²) < 4.78 is 39.9. The molecular formula is C22H29F2NO4. The summed E-state index contributed by atoms with van der Waals surface area (Å²) in [5.74, 6) is -3.71. The van der Waals surface area contributed by atoms with Gasteiger partial charge in [0.1, 0.15) is 12.7 Å². The highest BCUT2D eigenvalue weighted by Crippen LogP contribution is 2.40. The van der Waals surface area contributed by atoms with Crippen molar-refractivity contribution in [1.29, 1.82) is 0 Å². The van der Waals surface area contributed by atoms with E-state index >= 15 is 0 Å². The molecule has 0 N–H and O–H groups in total. The van der Waals surface area contributed by atoms with Crippen LogP contribution in [-0.2, 0) is 20.9 Å². The maximum Gasteiger partial charge on any atom is 0.410 e. The Kier molecular flexibility index (Phi) is 7.09. The van der Waals surface area contributed by atoms with Gasteiger partial charge in [-0.05, 0) is 50.0 Å². The lowest BCUT2D eigenvalue weighted by atomic mass is 9.77. The van der Waals surface area contributed by atoms with E-state index < -0.39 is 24.5 Å². The maximum absolute atomic E-state index is 14.7. The van der Waals surface area contributed by atoms with E-state index in [-0.39, 0.29) is 37.6 Å². The van der Waals surface area contributed by atoms with Gasteiger partial charge in [-0.3, -0.25) is 4.79 Å². The SMILES string of the molecule is CC(=O)OC1CCC(CC2CCN(C(=O)OCc3ccccc3)CC2(F)F)CC1. The Morgan fingerprint density at radius 1 is 1.10 bits per heavy atom. The number of alkyl halides is 2. The number of hydrogen-bond donors (Lipinski definition) is 0. The predicted octanol–water partition coefficient (Wildman–Crippen LogP) is 4.79. The second-order valence-corrected chi connectivity index (χ2v) is 8.20. The number of carbonyl (C=O) groups is 2. The van der Waals surface area contributed by atoms with Crippen molar-refractivity contribution in [2.75, 3.05) is 13.1 Å². The molecule has 1 aliphatic heterocycles. The number of rotatable bonds is 5. The predicted molar refractivity (Wildman–Crippen MR) is 103 cm³/mol. The third-order valence-corrected chi connectivity index (χ3v) is 5.95. The fraction of sp³-hybridized carbons (Fsp3) is 0.636. The van der Waals surface area contributed by atoms with Crippen LogP contribution in [0.1, 0.15) is 51.0 Å². The number of hydrogen-bond acceptors (Lipinski definition) is 4. The van der Waals surface area contributed by atoms with Crippen molar-refractivity contribution in [1.82, 2.24) is 4.90 Å². The lowest BCUT2D eigenvalue weighted by Gasteiger charge is -2.40. The molecule has 7 heteroatoms. The van der Waals surface area contributed by atoms with Gasteiger partial charge in [0.25, 0.3) is 5.92 Å². The smallest absolute Gasteiger partial charge is 0.410 e. The summed E-state index contributed by atoms with van der Waals surface area (Å²) in [5.41, 5.74) is 0.826. The molecule has 3 rings (SSSR count). The highest BCUT2D eigenvalue weighted by molar-refractivity contribution is 5.68. The Bertz CT molecular complexity index is 689. The Labute approximate surface area is 170 Å². The number of likely N-dealkylation sites (tertiary alicyclic amines) is 1. The first kappa shape index (κ1) is 21.5. The minimum absolute atomic E-state index is 0.0782. The van der Waals surface area contributed by atoms with E-state index in [0.717, 1.165) is 36.1 Å². The van der Waals surface area contributed by atoms with Crippen molar-refractivity contribution in [3.8, 4) is 0 Å². The van der Waals surface area contributed by atoms with E-state index in [4.69, 9.17) is 9.47 Å². The van der Waals surface area contributed by atoms with Gasteiger partial charge in [-0.15, -0.1) is 0 Å². The number of amides is 1. The van der Waals surface area contributed by atoms with Crippen LogP contribution in [0.4, 0.5) is 13.6 Å². The number of esters is 1. The molecule has 1 atom stereocenters. The average Bonchev–Trinajstić information content (AvgIpc) is 2.69. The molecular weight excluding hydrogens is 380 g/mol. The molecule has 1 aromatic carbocycles. The molecule has 2 fully saturated rings. The summed E-state index contributed by atoms with van der Waals surface area (Å²) in [6, 6.07) is 9.18. The monoisotopic (exact) mass is 409 g/mol. The van der Waals surface area contributed by atoms with Crippen LogP contribution in [0.25, 0.3) is 0 Å². The van der Waals surface area contributed by atoms with Crippen molar-refractivity contribution >= 4 is 12.1 Å². The molecule has 0 bridgehead atoms. The minimum Gasteiger partial charge on any atom is -0.463 e. The summed E-state index contributed by atoms with van der Waals surface area (Å²) in [4.78, 5) is 24.4. The third kappa shape index (κ3) is 6.15. The number of piperidine rings is 1. The summed E-state index contributed by atoms with van der Waals surface area (Å²) >= 11 is 0. The number of benzene rings is 1. The average molecular weight is 409 g/mol. The van der Waals surface area contributed by atoms with Crippen molar-refractivity contribution in [2.45, 2.75) is 64.1 Å². The summed E-state index contributed by atoms with van der Waals surface area (Å²) in [6.07, 6.45) is 3.03. The molecule has 1 saturated heterocycles. The van der Waals surface area contributed by atoms with Crippen molar-refractivity contribution < 1.29 is 27.8 Å². The van der Waals surface area contributed by atoms with Gasteiger partial charge >= 0.3 is 12.1 Å². The van der Waals surface area contributed by atoms with Crippen LogP contribution in [0, 0.1) is 11.8 Å². The fourth-order valence-corrected chi connectivity index (χ4v) is 4.36. The Balaban J connectivity index is 1.45. The molecule has 2 aliphatic rings. The second-order valence-electron chi connectivity index (χ2n) is 8.20. The van der Waals surface area contributed by atoms with Crippen molar-refractivity contribution in [3.05, 3.63) is 35.9 Å². The molecule has 1 saturated carbocycles. The summed E-state index contributed by atoms with van der Waals surface area (Å²) in [7, 11) is 0. The Morgan fingerprint density at radius 3 is 2.41 bits per heavy atom. The van der Waals surface area contributed by atoms with E-state index in [1.165, 1.54) is 6.92 Å². The first-order chi connectivity index (χ1) is 13.8. The number of carbonyl (C=O) groups excluding carboxylic acids is 2. The normalized spacial score (nSPS) is 26.6. The van der Waals surface area contributed by atoms with Gasteiger partial charge < -0.3 is 14.4 Å². The van der Waals surface area contributed by atoms with E-state index in [0.29, 0.717) is 6.42 Å². The maximum atomic E-state index is 14.7. The minimum atomic E-state index is -2.92. The van der Waals surface area contributed by atoms with Gasteiger partial charge in [-0.2, -0.15) is 0 Å².